The average molecular weight is 207 g/mol. The van der Waals surface area contributed by atoms with Gasteiger partial charge in [0, 0.05) is 11.3 Å². The van der Waals surface area contributed by atoms with Crippen LogP contribution in [0.25, 0.3) is 0 Å². The second-order valence-corrected chi connectivity index (χ2v) is 3.71. The Hall–Kier alpha value is -2.07. The first-order valence-electron chi connectivity index (χ1n) is 5.27. The third kappa shape index (κ3) is 2.49. The van der Waals surface area contributed by atoms with Crippen LogP contribution >= 0.6 is 0 Å². The van der Waals surface area contributed by atoms with Gasteiger partial charge >= 0.3 is 0 Å². The molecule has 0 radical (unpaired) electrons. The molecule has 2 aromatic rings. The van der Waals surface area contributed by atoms with Gasteiger partial charge in [-0.1, -0.05) is 30.2 Å². The van der Waals surface area contributed by atoms with E-state index in [1.807, 2.05) is 43.3 Å². The highest BCUT2D eigenvalue weighted by Gasteiger charge is 1.94. The van der Waals surface area contributed by atoms with E-state index < -0.39 is 0 Å². The van der Waals surface area contributed by atoms with E-state index in [0.29, 0.717) is 0 Å². The number of aromatic nitrogens is 1. The number of rotatable bonds is 0. The molecule has 0 aliphatic rings. The lowest BCUT2D eigenvalue weighted by Gasteiger charge is -1.97. The van der Waals surface area contributed by atoms with E-state index in [1.165, 1.54) is 5.56 Å². The van der Waals surface area contributed by atoms with Crippen molar-refractivity contribution in [1.82, 2.24) is 4.98 Å². The highest BCUT2D eigenvalue weighted by molar-refractivity contribution is 5.40. The smallest absolute Gasteiger partial charge is 0.113 e. The highest BCUT2D eigenvalue weighted by atomic mass is 14.7. The first-order valence-corrected chi connectivity index (χ1v) is 5.27. The first kappa shape index (κ1) is 10.4. The summed E-state index contributed by atoms with van der Waals surface area (Å²) in [6, 6.07) is 14.0. The van der Waals surface area contributed by atoms with Crippen LogP contribution in [0, 0.1) is 25.7 Å². The van der Waals surface area contributed by atoms with E-state index in [-0.39, 0.29) is 0 Å². The zero-order valence-electron chi connectivity index (χ0n) is 9.49. The molecule has 0 N–H and O–H groups in total. The van der Waals surface area contributed by atoms with Gasteiger partial charge in [0.1, 0.15) is 5.69 Å². The predicted molar refractivity (Wildman–Crippen MR) is 66.1 cm³/mol. The van der Waals surface area contributed by atoms with E-state index in [4.69, 9.17) is 0 Å². The van der Waals surface area contributed by atoms with Crippen molar-refractivity contribution in [3.8, 4) is 11.8 Å². The first-order chi connectivity index (χ1) is 7.75. The predicted octanol–water partition coefficient (Wildman–Crippen LogP) is 3.10. The van der Waals surface area contributed by atoms with E-state index in [1.54, 1.807) is 0 Å². The lowest BCUT2D eigenvalue weighted by atomic mass is 10.2. The number of hydrogen-bond donors (Lipinski definition) is 0. The van der Waals surface area contributed by atoms with Crippen molar-refractivity contribution in [2.24, 2.45) is 0 Å². The lowest BCUT2D eigenvalue weighted by molar-refractivity contribution is 1.13. The van der Waals surface area contributed by atoms with Crippen LogP contribution in [0.3, 0.4) is 0 Å². The quantitative estimate of drug-likeness (QED) is 0.605. The number of nitrogens with zero attached hydrogens (tertiary/aromatic N) is 1. The van der Waals surface area contributed by atoms with Gasteiger partial charge in [-0.15, -0.1) is 0 Å². The monoisotopic (exact) mass is 207 g/mol. The lowest BCUT2D eigenvalue weighted by Crippen LogP contribution is -1.89. The second-order valence-electron chi connectivity index (χ2n) is 3.71. The Balaban J connectivity index is 2.28. The molecule has 1 heterocycles. The molecule has 1 aromatic heterocycles. The Morgan fingerprint density at radius 1 is 0.875 bits per heavy atom. The summed E-state index contributed by atoms with van der Waals surface area (Å²) in [6.07, 6.45) is 0. The molecule has 0 unspecified atom stereocenters. The molecule has 1 aromatic carbocycles. The van der Waals surface area contributed by atoms with Gasteiger partial charge in [-0.25, -0.2) is 4.98 Å². The van der Waals surface area contributed by atoms with Crippen molar-refractivity contribution in [2.75, 3.05) is 0 Å². The Kier molecular flexibility index (Phi) is 3.03. The van der Waals surface area contributed by atoms with Crippen LogP contribution in [0.1, 0.15) is 22.5 Å². The topological polar surface area (TPSA) is 12.9 Å². The maximum atomic E-state index is 4.41. The Morgan fingerprint density at radius 2 is 1.62 bits per heavy atom. The summed E-state index contributed by atoms with van der Waals surface area (Å²) in [6.45, 7) is 4.06. The van der Waals surface area contributed by atoms with Crippen molar-refractivity contribution in [3.63, 3.8) is 0 Å². The molecule has 2 rings (SSSR count). The van der Waals surface area contributed by atoms with Gasteiger partial charge in [-0.05, 0) is 43.5 Å². The molecule has 0 amide bonds. The van der Waals surface area contributed by atoms with Crippen LogP contribution < -0.4 is 0 Å². The van der Waals surface area contributed by atoms with Crippen LogP contribution in [-0.4, -0.2) is 4.98 Å². The molecule has 0 spiro atoms. The minimum Gasteiger partial charge on any atom is -0.244 e. The summed E-state index contributed by atoms with van der Waals surface area (Å²) in [7, 11) is 0. The van der Waals surface area contributed by atoms with Gasteiger partial charge in [0.2, 0.25) is 0 Å². The van der Waals surface area contributed by atoms with Crippen LogP contribution in [0.4, 0.5) is 0 Å². The Bertz CT molecular complexity index is 545. The third-order valence-corrected chi connectivity index (χ3v) is 2.46. The second kappa shape index (κ2) is 4.63. The molecule has 78 valence electrons. The summed E-state index contributed by atoms with van der Waals surface area (Å²) >= 11 is 0. The van der Waals surface area contributed by atoms with E-state index in [0.717, 1.165) is 17.0 Å². The summed E-state index contributed by atoms with van der Waals surface area (Å²) in [5, 5.41) is 0. The van der Waals surface area contributed by atoms with Gasteiger partial charge in [0.25, 0.3) is 0 Å². The minimum atomic E-state index is 0.826. The molecule has 0 aliphatic carbocycles. The zero-order chi connectivity index (χ0) is 11.4. The maximum absolute atomic E-state index is 4.41. The third-order valence-electron chi connectivity index (χ3n) is 2.46. The molecule has 1 nitrogen and oxygen atoms in total. The van der Waals surface area contributed by atoms with Crippen LogP contribution in [0.2, 0.25) is 0 Å². The van der Waals surface area contributed by atoms with Crippen LogP contribution in [-0.2, 0) is 0 Å². The molecule has 0 saturated carbocycles. The Morgan fingerprint density at radius 3 is 2.31 bits per heavy atom. The largest absolute Gasteiger partial charge is 0.244 e. The van der Waals surface area contributed by atoms with E-state index >= 15 is 0 Å². The highest BCUT2D eigenvalue weighted by Crippen LogP contribution is 2.04. The maximum Gasteiger partial charge on any atom is 0.113 e. The number of benzene rings is 1. The fourth-order valence-corrected chi connectivity index (χ4v) is 1.36. The Labute approximate surface area is 96.2 Å². The average Bonchev–Trinajstić information content (AvgIpc) is 2.32. The fraction of sp³-hybridized carbons (Fsp3) is 0.133. The summed E-state index contributed by atoms with van der Waals surface area (Å²) < 4.78 is 0. The number of aryl methyl sites for hydroxylation is 2. The fourth-order valence-electron chi connectivity index (χ4n) is 1.36. The molecule has 0 saturated heterocycles. The van der Waals surface area contributed by atoms with Crippen LogP contribution in [0.15, 0.2) is 42.5 Å². The van der Waals surface area contributed by atoms with Gasteiger partial charge in [0.05, 0.1) is 0 Å². The van der Waals surface area contributed by atoms with Crippen molar-refractivity contribution in [2.45, 2.75) is 13.8 Å². The van der Waals surface area contributed by atoms with E-state index in [2.05, 4.69) is 29.8 Å². The van der Waals surface area contributed by atoms with Gasteiger partial charge in [0.15, 0.2) is 0 Å². The van der Waals surface area contributed by atoms with Gasteiger partial charge < -0.3 is 0 Å². The van der Waals surface area contributed by atoms with Crippen molar-refractivity contribution >= 4 is 0 Å². The number of hydrogen-bond acceptors (Lipinski definition) is 1. The molecule has 0 fully saturated rings. The van der Waals surface area contributed by atoms with Crippen molar-refractivity contribution < 1.29 is 0 Å². The molecular weight excluding hydrogens is 194 g/mol. The van der Waals surface area contributed by atoms with Gasteiger partial charge in [-0.2, -0.15) is 0 Å². The molecule has 0 aliphatic heterocycles. The van der Waals surface area contributed by atoms with Crippen LogP contribution in [0.5, 0.6) is 0 Å². The zero-order valence-corrected chi connectivity index (χ0v) is 9.49. The molecular formula is C15H13N. The van der Waals surface area contributed by atoms with Gasteiger partial charge in [-0.3, -0.25) is 0 Å². The molecule has 1 heteroatoms. The van der Waals surface area contributed by atoms with Crippen molar-refractivity contribution in [1.29, 1.82) is 0 Å². The molecule has 16 heavy (non-hydrogen) atoms. The normalized spacial score (nSPS) is 9.38. The standard InChI is InChI=1S/C15H13N/c1-12-8-10-15(16-13(12)2)11-9-14-6-4-3-5-7-14/h3-8,10H,1-2H3. The summed E-state index contributed by atoms with van der Waals surface area (Å²) in [5.41, 5.74) is 4.08. The minimum absolute atomic E-state index is 0.826. The SMILES string of the molecule is Cc1ccc(C#Cc2ccccc2)nc1C. The molecule has 0 bridgehead atoms. The summed E-state index contributed by atoms with van der Waals surface area (Å²) in [4.78, 5) is 4.41. The van der Waals surface area contributed by atoms with E-state index in [9.17, 15) is 0 Å². The van der Waals surface area contributed by atoms with Crippen molar-refractivity contribution in [3.05, 3.63) is 65.0 Å². The number of pyridine rings is 1. The summed E-state index contributed by atoms with van der Waals surface area (Å²) in [5.74, 6) is 6.16. The molecule has 0 atom stereocenters.